The van der Waals surface area contributed by atoms with Gasteiger partial charge in [0.05, 0.1) is 21.7 Å². The Morgan fingerprint density at radius 2 is 2.05 bits per heavy atom. The van der Waals surface area contributed by atoms with E-state index in [9.17, 15) is 10.1 Å². The van der Waals surface area contributed by atoms with Crippen LogP contribution >= 0.6 is 11.6 Å². The van der Waals surface area contributed by atoms with Crippen molar-refractivity contribution >= 4 is 28.2 Å². The van der Waals surface area contributed by atoms with Crippen LogP contribution in [0.1, 0.15) is 0 Å². The summed E-state index contributed by atoms with van der Waals surface area (Å²) in [6.45, 7) is 0. The summed E-state index contributed by atoms with van der Waals surface area (Å²) >= 11 is 6.06. The first kappa shape index (κ1) is 11.6. The summed E-state index contributed by atoms with van der Waals surface area (Å²) < 4.78 is 1.59. The Kier molecular flexibility index (Phi) is 2.64. The molecule has 0 atom stereocenters. The Bertz CT molecular complexity index is 767. The first-order valence-corrected chi connectivity index (χ1v) is 5.77. The van der Waals surface area contributed by atoms with Crippen molar-refractivity contribution in [2.24, 2.45) is 0 Å². The molecule has 3 rings (SSSR count). The van der Waals surface area contributed by atoms with Crippen molar-refractivity contribution in [1.82, 2.24) is 14.8 Å². The molecular formula is C12H7ClN4O2. The van der Waals surface area contributed by atoms with Crippen molar-refractivity contribution in [1.29, 1.82) is 0 Å². The molecule has 0 saturated carbocycles. The fourth-order valence-corrected chi connectivity index (χ4v) is 2.03. The van der Waals surface area contributed by atoms with Gasteiger partial charge in [-0.1, -0.05) is 17.7 Å². The molecule has 0 aliphatic carbocycles. The highest BCUT2D eigenvalue weighted by Crippen LogP contribution is 2.24. The van der Waals surface area contributed by atoms with Gasteiger partial charge < -0.3 is 0 Å². The Balaban J connectivity index is 2.14. The van der Waals surface area contributed by atoms with Crippen molar-refractivity contribution in [3.63, 3.8) is 0 Å². The number of hydrogen-bond donors (Lipinski definition) is 0. The van der Waals surface area contributed by atoms with E-state index in [2.05, 4.69) is 10.1 Å². The number of benzene rings is 1. The van der Waals surface area contributed by atoms with Crippen LogP contribution in [-0.4, -0.2) is 19.7 Å². The fraction of sp³-hybridized carbons (Fsp3) is 0. The number of rotatable bonds is 2. The standard InChI is InChI=1S/C12H7ClN4O2/c13-10-2-1-3-11-9(10)7-15-16(11)12-5-4-8(6-14-12)17(18)19/h1-7H. The van der Waals surface area contributed by atoms with Gasteiger partial charge >= 0.3 is 0 Å². The molecule has 2 heterocycles. The van der Waals surface area contributed by atoms with E-state index in [0.717, 1.165) is 10.9 Å². The second kappa shape index (κ2) is 4.33. The third-order valence-corrected chi connectivity index (χ3v) is 3.05. The maximum absolute atomic E-state index is 10.6. The van der Waals surface area contributed by atoms with Crippen molar-refractivity contribution < 1.29 is 4.92 Å². The van der Waals surface area contributed by atoms with Crippen LogP contribution in [-0.2, 0) is 0 Å². The molecule has 0 N–H and O–H groups in total. The Morgan fingerprint density at radius 3 is 2.74 bits per heavy atom. The van der Waals surface area contributed by atoms with E-state index in [1.807, 2.05) is 12.1 Å². The Hall–Kier alpha value is -2.47. The van der Waals surface area contributed by atoms with Gasteiger partial charge in [0, 0.05) is 11.5 Å². The number of pyridine rings is 1. The highest BCUT2D eigenvalue weighted by Gasteiger charge is 2.10. The van der Waals surface area contributed by atoms with Gasteiger partial charge in [-0.2, -0.15) is 5.10 Å². The van der Waals surface area contributed by atoms with Crippen LogP contribution in [0.25, 0.3) is 16.7 Å². The van der Waals surface area contributed by atoms with E-state index >= 15 is 0 Å². The number of nitro groups is 1. The van der Waals surface area contributed by atoms with Crippen molar-refractivity contribution in [2.75, 3.05) is 0 Å². The SMILES string of the molecule is O=[N+]([O-])c1ccc(-n2ncc3c(Cl)cccc32)nc1. The van der Waals surface area contributed by atoms with Crippen LogP contribution < -0.4 is 0 Å². The average molecular weight is 275 g/mol. The lowest BCUT2D eigenvalue weighted by Gasteiger charge is -2.02. The van der Waals surface area contributed by atoms with Crippen LogP contribution in [0, 0.1) is 10.1 Å². The second-order valence-corrected chi connectivity index (χ2v) is 4.27. The van der Waals surface area contributed by atoms with Crippen LogP contribution in [0.5, 0.6) is 0 Å². The van der Waals surface area contributed by atoms with Crippen molar-refractivity contribution in [3.8, 4) is 5.82 Å². The summed E-state index contributed by atoms with van der Waals surface area (Å²) in [4.78, 5) is 14.1. The minimum atomic E-state index is -0.491. The van der Waals surface area contributed by atoms with E-state index in [-0.39, 0.29) is 5.69 Å². The summed E-state index contributed by atoms with van der Waals surface area (Å²) in [6, 6.07) is 8.39. The third kappa shape index (κ3) is 1.92. The van der Waals surface area contributed by atoms with Gasteiger partial charge in [0.15, 0.2) is 5.82 Å². The number of fused-ring (bicyclic) bond motifs is 1. The zero-order chi connectivity index (χ0) is 13.4. The normalized spacial score (nSPS) is 10.8. The fourth-order valence-electron chi connectivity index (χ4n) is 1.81. The Morgan fingerprint density at radius 1 is 1.21 bits per heavy atom. The molecule has 1 aromatic carbocycles. The van der Waals surface area contributed by atoms with Crippen molar-refractivity contribution in [3.05, 3.63) is 57.9 Å². The van der Waals surface area contributed by atoms with Gasteiger partial charge in [0.1, 0.15) is 6.20 Å². The van der Waals surface area contributed by atoms with Gasteiger partial charge in [0.25, 0.3) is 5.69 Å². The Labute approximate surface area is 112 Å². The molecule has 0 saturated heterocycles. The lowest BCUT2D eigenvalue weighted by Crippen LogP contribution is -1.99. The third-order valence-electron chi connectivity index (χ3n) is 2.72. The van der Waals surface area contributed by atoms with E-state index in [1.54, 1.807) is 23.0 Å². The highest BCUT2D eigenvalue weighted by atomic mass is 35.5. The largest absolute Gasteiger partial charge is 0.287 e. The summed E-state index contributed by atoms with van der Waals surface area (Å²) in [6.07, 6.45) is 2.84. The first-order valence-electron chi connectivity index (χ1n) is 5.40. The molecule has 0 fully saturated rings. The molecule has 0 amide bonds. The zero-order valence-corrected chi connectivity index (χ0v) is 10.3. The number of nitrogens with zero attached hydrogens (tertiary/aromatic N) is 4. The van der Waals surface area contributed by atoms with E-state index in [0.29, 0.717) is 10.8 Å². The van der Waals surface area contributed by atoms with Crippen LogP contribution in [0.2, 0.25) is 5.02 Å². The predicted molar refractivity (Wildman–Crippen MR) is 70.5 cm³/mol. The number of halogens is 1. The van der Waals surface area contributed by atoms with Gasteiger partial charge in [-0.3, -0.25) is 10.1 Å². The van der Waals surface area contributed by atoms with Gasteiger partial charge in [0.2, 0.25) is 0 Å². The molecule has 0 radical (unpaired) electrons. The van der Waals surface area contributed by atoms with Gasteiger partial charge in [-0.15, -0.1) is 0 Å². The molecule has 19 heavy (non-hydrogen) atoms. The lowest BCUT2D eigenvalue weighted by molar-refractivity contribution is -0.385. The molecular weight excluding hydrogens is 268 g/mol. The summed E-state index contributed by atoms with van der Waals surface area (Å²) in [5.74, 6) is 0.503. The van der Waals surface area contributed by atoms with E-state index in [1.165, 1.54) is 12.3 Å². The summed E-state index contributed by atoms with van der Waals surface area (Å²) in [5.41, 5.74) is 0.743. The maximum Gasteiger partial charge on any atom is 0.287 e. The summed E-state index contributed by atoms with van der Waals surface area (Å²) in [5, 5.41) is 16.2. The van der Waals surface area contributed by atoms with Gasteiger partial charge in [-0.25, -0.2) is 9.67 Å². The molecule has 0 unspecified atom stereocenters. The van der Waals surface area contributed by atoms with Crippen LogP contribution in [0.3, 0.4) is 0 Å². The smallest absolute Gasteiger partial charge is 0.258 e. The minimum absolute atomic E-state index is 0.0572. The molecule has 6 nitrogen and oxygen atoms in total. The first-order chi connectivity index (χ1) is 9.16. The average Bonchev–Trinajstić information content (AvgIpc) is 2.84. The maximum atomic E-state index is 10.6. The minimum Gasteiger partial charge on any atom is -0.258 e. The molecule has 94 valence electrons. The highest BCUT2D eigenvalue weighted by molar-refractivity contribution is 6.35. The molecule has 7 heteroatoms. The molecule has 2 aromatic heterocycles. The lowest BCUT2D eigenvalue weighted by atomic mass is 10.2. The van der Waals surface area contributed by atoms with Crippen LogP contribution in [0.4, 0.5) is 5.69 Å². The molecule has 3 aromatic rings. The number of aromatic nitrogens is 3. The van der Waals surface area contributed by atoms with E-state index < -0.39 is 4.92 Å². The predicted octanol–water partition coefficient (Wildman–Crippen LogP) is 2.98. The topological polar surface area (TPSA) is 73.8 Å². The van der Waals surface area contributed by atoms with Crippen molar-refractivity contribution in [2.45, 2.75) is 0 Å². The molecule has 0 bridgehead atoms. The van der Waals surface area contributed by atoms with Gasteiger partial charge in [-0.05, 0) is 18.2 Å². The quantitative estimate of drug-likeness (QED) is 0.532. The summed E-state index contributed by atoms with van der Waals surface area (Å²) in [7, 11) is 0. The molecule has 0 spiro atoms. The molecule has 0 aliphatic heterocycles. The zero-order valence-electron chi connectivity index (χ0n) is 9.52. The molecule has 0 aliphatic rings. The number of hydrogen-bond acceptors (Lipinski definition) is 4. The monoisotopic (exact) mass is 274 g/mol. The second-order valence-electron chi connectivity index (χ2n) is 3.86. The van der Waals surface area contributed by atoms with Crippen LogP contribution in [0.15, 0.2) is 42.7 Å². The van der Waals surface area contributed by atoms with E-state index in [4.69, 9.17) is 11.6 Å².